The Morgan fingerprint density at radius 3 is 2.03 bits per heavy atom. The van der Waals surface area contributed by atoms with E-state index in [4.69, 9.17) is 15.3 Å². The fraction of sp³-hybridized carbons (Fsp3) is 0.697. The lowest BCUT2D eigenvalue weighted by molar-refractivity contribution is -0.162. The monoisotopic (exact) mass is 563 g/mol. The highest BCUT2D eigenvalue weighted by Crippen LogP contribution is 2.69. The van der Waals surface area contributed by atoms with E-state index in [2.05, 4.69) is 34.3 Å². The van der Waals surface area contributed by atoms with Crippen molar-refractivity contribution in [3.05, 3.63) is 41.7 Å². The summed E-state index contributed by atoms with van der Waals surface area (Å²) in [5, 5.41) is 0. The summed E-state index contributed by atoms with van der Waals surface area (Å²) in [5.41, 5.74) is 7.00. The van der Waals surface area contributed by atoms with Gasteiger partial charge in [0.1, 0.15) is 17.7 Å². The Morgan fingerprint density at radius 2 is 1.59 bits per heavy atom. The molecule has 0 bridgehead atoms. The summed E-state index contributed by atoms with van der Waals surface area (Å²) in [4.78, 5) is 23.0. The van der Waals surface area contributed by atoms with Crippen molar-refractivity contribution in [2.45, 2.75) is 106 Å². The zero-order valence-electron chi connectivity index (χ0n) is 26.5. The van der Waals surface area contributed by atoms with E-state index in [0.29, 0.717) is 29.2 Å². The molecule has 2 N–H and O–H groups in total. The van der Waals surface area contributed by atoms with E-state index in [1.54, 1.807) is 24.8 Å². The van der Waals surface area contributed by atoms with Crippen LogP contribution < -0.4 is 5.73 Å². The highest BCUT2D eigenvalue weighted by molar-refractivity contribution is 7.99. The first kappa shape index (κ1) is 35.4. The Labute approximate surface area is 242 Å². The highest BCUT2D eigenvalue weighted by Gasteiger charge is 2.68. The van der Waals surface area contributed by atoms with Gasteiger partial charge in [-0.15, -0.1) is 11.8 Å². The van der Waals surface area contributed by atoms with Crippen LogP contribution in [0.15, 0.2) is 35.2 Å². The van der Waals surface area contributed by atoms with Gasteiger partial charge in [-0.3, -0.25) is 4.79 Å². The number of allylic oxidation sites excluding steroid dienone is 1. The minimum absolute atomic E-state index is 0. The summed E-state index contributed by atoms with van der Waals surface area (Å²) in [6.07, 6.45) is 1.74. The van der Waals surface area contributed by atoms with Crippen LogP contribution in [0.5, 0.6) is 0 Å². The molecule has 4 nitrogen and oxygen atoms in total. The van der Waals surface area contributed by atoms with Crippen LogP contribution in [0.25, 0.3) is 0 Å². The van der Waals surface area contributed by atoms with Crippen molar-refractivity contribution in [3.8, 4) is 0 Å². The van der Waals surface area contributed by atoms with Crippen molar-refractivity contribution in [1.82, 2.24) is 0 Å². The van der Waals surface area contributed by atoms with Crippen LogP contribution in [0, 0.1) is 53.7 Å². The molecule has 3 rings (SSSR count). The summed E-state index contributed by atoms with van der Waals surface area (Å²) >= 11 is 1.66. The molecular weight excluding hydrogens is 509 g/mol. The highest BCUT2D eigenvalue weighted by atomic mass is 32.2. The normalized spacial score (nSPS) is 25.8. The lowest BCUT2D eigenvalue weighted by atomic mass is 9.79. The van der Waals surface area contributed by atoms with Crippen LogP contribution in [0.2, 0.25) is 0 Å². The molecule has 1 aromatic carbocycles. The number of hydrogen-bond donors (Lipinski definition) is 1. The quantitative estimate of drug-likeness (QED) is 0.163. The van der Waals surface area contributed by atoms with E-state index >= 15 is 0 Å². The van der Waals surface area contributed by atoms with E-state index in [1.165, 1.54) is 12.5 Å². The van der Waals surface area contributed by atoms with Gasteiger partial charge < -0.3 is 15.3 Å². The van der Waals surface area contributed by atoms with Crippen LogP contribution in [-0.4, -0.2) is 29.1 Å². The first-order valence-corrected chi connectivity index (χ1v) is 15.1. The third-order valence-electron chi connectivity index (χ3n) is 6.78. The van der Waals surface area contributed by atoms with Gasteiger partial charge in [0.25, 0.3) is 0 Å². The maximum absolute atomic E-state index is 14.0. The first-order chi connectivity index (χ1) is 17.6. The standard InChI is InChI=1S/C27H39FO2S.C4H11N.C2H4O/c1-15-10-11-18(12-20(15)28)31-14-19-17(3)22-21(16(2)13-26(4,5)6)24(22)23(19)25(29)30-27(7,8)9;1-4(2,3)5;1-2-3/h10-12,17,19,21-24H,2,13-14H2,1,3-9H3;5H2,1-3H3;2H,1H3. The van der Waals surface area contributed by atoms with E-state index in [9.17, 15) is 9.18 Å². The van der Waals surface area contributed by atoms with Crippen molar-refractivity contribution in [2.75, 3.05) is 5.75 Å². The summed E-state index contributed by atoms with van der Waals surface area (Å²) in [6.45, 7) is 28.4. The average molecular weight is 564 g/mol. The van der Waals surface area contributed by atoms with Gasteiger partial charge in [-0.2, -0.15) is 0 Å². The number of aryl methyl sites for hydroxylation is 1. The molecular formula is C33H54FNO3S. The first-order valence-electron chi connectivity index (χ1n) is 14.1. The van der Waals surface area contributed by atoms with Gasteiger partial charge in [-0.1, -0.05) is 45.9 Å². The number of thioether (sulfide) groups is 1. The van der Waals surface area contributed by atoms with Gasteiger partial charge in [0.15, 0.2) is 0 Å². The molecule has 2 aliphatic rings. The molecule has 0 aromatic heterocycles. The van der Waals surface area contributed by atoms with Gasteiger partial charge in [0.2, 0.25) is 0 Å². The third kappa shape index (κ3) is 11.8. The molecule has 0 radical (unpaired) electrons. The van der Waals surface area contributed by atoms with Crippen molar-refractivity contribution in [3.63, 3.8) is 0 Å². The minimum Gasteiger partial charge on any atom is -0.460 e. The van der Waals surface area contributed by atoms with Gasteiger partial charge >= 0.3 is 5.97 Å². The Bertz CT molecular complexity index is 980. The number of halogens is 1. The molecule has 0 spiro atoms. The SMILES string of the molecule is C=C(CC(C)(C)C)C1C2C(C)C(CSc3ccc(C)c(F)c3)C(C(=O)OC(C)(C)C)C12.CC(C)(C)N.CC=O. The summed E-state index contributed by atoms with van der Waals surface area (Å²) in [7, 11) is 0. The molecule has 2 fully saturated rings. The Hall–Kier alpha value is -1.66. The van der Waals surface area contributed by atoms with Crippen LogP contribution >= 0.6 is 11.8 Å². The van der Waals surface area contributed by atoms with E-state index in [0.717, 1.165) is 23.4 Å². The average Bonchev–Trinajstić information content (AvgIpc) is 3.38. The number of rotatable bonds is 6. The largest absolute Gasteiger partial charge is 0.460 e. The van der Waals surface area contributed by atoms with Gasteiger partial charge in [0.05, 0.1) is 5.92 Å². The maximum atomic E-state index is 14.0. The second kappa shape index (κ2) is 13.8. The van der Waals surface area contributed by atoms with Crippen molar-refractivity contribution >= 4 is 24.0 Å². The molecule has 39 heavy (non-hydrogen) atoms. The van der Waals surface area contributed by atoms with Crippen molar-refractivity contribution in [2.24, 2.45) is 46.7 Å². The molecule has 2 aliphatic carbocycles. The smallest absolute Gasteiger partial charge is 0.310 e. The summed E-state index contributed by atoms with van der Waals surface area (Å²) in [5.74, 6) is 2.37. The predicted octanol–water partition coefficient (Wildman–Crippen LogP) is 8.25. The lowest BCUT2D eigenvalue weighted by Gasteiger charge is -2.31. The number of hydrogen-bond acceptors (Lipinski definition) is 5. The lowest BCUT2D eigenvalue weighted by Crippen LogP contribution is -2.35. The Morgan fingerprint density at radius 1 is 1.08 bits per heavy atom. The number of carbonyl (C=O) groups is 2. The molecule has 6 heteroatoms. The third-order valence-corrected chi connectivity index (χ3v) is 7.92. The Kier molecular flexibility index (Phi) is 12.5. The molecule has 1 aromatic rings. The van der Waals surface area contributed by atoms with Crippen molar-refractivity contribution in [1.29, 1.82) is 0 Å². The zero-order valence-corrected chi connectivity index (χ0v) is 27.3. The second-order valence-corrected chi connectivity index (χ2v) is 15.6. The number of carbonyl (C=O) groups excluding carboxylic acids is 2. The molecule has 0 amide bonds. The summed E-state index contributed by atoms with van der Waals surface area (Å²) < 4.78 is 19.9. The molecule has 0 aliphatic heterocycles. The van der Waals surface area contributed by atoms with Crippen LogP contribution in [0.1, 0.15) is 88.1 Å². The molecule has 2 saturated carbocycles. The predicted molar refractivity (Wildman–Crippen MR) is 163 cm³/mol. The molecule has 222 valence electrons. The van der Waals surface area contributed by atoms with E-state index in [1.807, 2.05) is 53.7 Å². The maximum Gasteiger partial charge on any atom is 0.310 e. The number of benzene rings is 1. The van der Waals surface area contributed by atoms with E-state index in [-0.39, 0.29) is 34.6 Å². The fourth-order valence-corrected chi connectivity index (χ4v) is 6.80. The van der Waals surface area contributed by atoms with E-state index < -0.39 is 5.60 Å². The topological polar surface area (TPSA) is 69.4 Å². The fourth-order valence-electron chi connectivity index (χ4n) is 5.55. The molecule has 0 heterocycles. The second-order valence-electron chi connectivity index (χ2n) is 14.5. The number of fused-ring (bicyclic) bond motifs is 1. The van der Waals surface area contributed by atoms with Crippen molar-refractivity contribution < 1.29 is 18.7 Å². The van der Waals surface area contributed by atoms with Crippen LogP contribution in [0.4, 0.5) is 4.39 Å². The van der Waals surface area contributed by atoms with Crippen LogP contribution in [0.3, 0.4) is 0 Å². The Balaban J connectivity index is 0.000000838. The van der Waals surface area contributed by atoms with Crippen LogP contribution in [-0.2, 0) is 14.3 Å². The number of aldehydes is 1. The number of ether oxygens (including phenoxy) is 1. The number of nitrogens with two attached hydrogens (primary N) is 1. The molecule has 6 unspecified atom stereocenters. The summed E-state index contributed by atoms with van der Waals surface area (Å²) in [6, 6.07) is 5.40. The number of esters is 1. The zero-order chi connectivity index (χ0) is 30.5. The molecule has 0 saturated heterocycles. The van der Waals surface area contributed by atoms with Gasteiger partial charge in [0, 0.05) is 16.2 Å². The van der Waals surface area contributed by atoms with Gasteiger partial charge in [-0.25, -0.2) is 4.39 Å². The molecule has 6 atom stereocenters. The minimum atomic E-state index is -0.497. The van der Waals surface area contributed by atoms with Gasteiger partial charge in [-0.05, 0) is 115 Å².